The molecule has 4 N–H and O–H groups in total. The maximum absolute atomic E-state index is 5.15. The molecule has 0 aromatic carbocycles. The maximum atomic E-state index is 5.15. The van der Waals surface area contributed by atoms with E-state index in [0.29, 0.717) is 0 Å². The van der Waals surface area contributed by atoms with Crippen LogP contribution in [0.2, 0.25) is 0 Å². The highest BCUT2D eigenvalue weighted by atomic mass is 14.8. The monoisotopic (exact) mass is 136 g/mol. The van der Waals surface area contributed by atoms with Gasteiger partial charge in [0, 0.05) is 0 Å². The van der Waals surface area contributed by atoms with E-state index in [1.165, 1.54) is 0 Å². The highest BCUT2D eigenvalue weighted by Crippen LogP contribution is 1.92. The van der Waals surface area contributed by atoms with E-state index in [9.17, 15) is 0 Å². The number of hydrogen-bond donors (Lipinski definition) is 2. The first kappa shape index (κ1) is 8.56. The molecule has 0 spiro atoms. The van der Waals surface area contributed by atoms with Crippen LogP contribution >= 0.6 is 0 Å². The molecule has 0 radical (unpaired) electrons. The van der Waals surface area contributed by atoms with Crippen molar-refractivity contribution in [1.82, 2.24) is 0 Å². The van der Waals surface area contributed by atoms with Crippen LogP contribution in [-0.2, 0) is 0 Å². The van der Waals surface area contributed by atoms with E-state index in [4.69, 9.17) is 11.5 Å². The third kappa shape index (κ3) is 4.71. The molecule has 0 aromatic rings. The lowest BCUT2D eigenvalue weighted by molar-refractivity contribution is 1.25. The molecule has 0 aliphatic carbocycles. The summed E-state index contributed by atoms with van der Waals surface area (Å²) in [5, 5.41) is 0. The van der Waals surface area contributed by atoms with Crippen molar-refractivity contribution in [2.45, 2.75) is 0 Å². The largest absolute Gasteiger partial charge is 0.386 e. The average molecular weight is 136 g/mol. The lowest BCUT2D eigenvalue weighted by Gasteiger charge is -1.85. The summed E-state index contributed by atoms with van der Waals surface area (Å²) in [6.07, 6.45) is 6.73. The molecule has 0 aliphatic heterocycles. The second-order valence-corrected chi connectivity index (χ2v) is 1.80. The minimum absolute atomic E-state index is 0.285. The van der Waals surface area contributed by atoms with Gasteiger partial charge < -0.3 is 11.5 Å². The topological polar surface area (TPSA) is 52.0 Å². The van der Waals surface area contributed by atoms with Crippen LogP contribution in [0.5, 0.6) is 0 Å². The van der Waals surface area contributed by atoms with Crippen LogP contribution in [0.25, 0.3) is 0 Å². The molecular weight excluding hydrogens is 124 g/mol. The van der Waals surface area contributed by atoms with Crippen LogP contribution in [0.4, 0.5) is 0 Å². The van der Waals surface area contributed by atoms with Gasteiger partial charge in [0.1, 0.15) is 0 Å². The van der Waals surface area contributed by atoms with Crippen molar-refractivity contribution in [2.75, 3.05) is 0 Å². The van der Waals surface area contributed by atoms with Crippen molar-refractivity contribution in [3.8, 4) is 0 Å². The zero-order chi connectivity index (χ0) is 7.98. The lowest BCUT2D eigenvalue weighted by Crippen LogP contribution is -2.06. The average Bonchev–Trinajstić information content (AvgIpc) is 1.87. The molecule has 0 aliphatic rings. The van der Waals surface area contributed by atoms with Crippen molar-refractivity contribution >= 4 is 0 Å². The van der Waals surface area contributed by atoms with Gasteiger partial charge in [-0.05, 0) is 11.6 Å². The first-order valence-corrected chi connectivity index (χ1v) is 2.87. The fourth-order valence-corrected chi connectivity index (χ4v) is 0.351. The quantitative estimate of drug-likeness (QED) is 0.569. The van der Waals surface area contributed by atoms with Crippen LogP contribution in [-0.4, -0.2) is 0 Å². The second kappa shape index (κ2) is 4.44. The Kier molecular flexibility index (Phi) is 3.80. The van der Waals surface area contributed by atoms with Crippen LogP contribution in [0, 0.1) is 0 Å². The van der Waals surface area contributed by atoms with E-state index < -0.39 is 0 Å². The summed E-state index contributed by atoms with van der Waals surface area (Å²) >= 11 is 0. The SMILES string of the molecule is C=CC(=C)/C=C\C=C(N)N. The predicted molar refractivity (Wildman–Crippen MR) is 44.9 cm³/mol. The molecule has 0 fully saturated rings. The zero-order valence-electron chi connectivity index (χ0n) is 5.88. The zero-order valence-corrected chi connectivity index (χ0v) is 5.88. The Bertz CT molecular complexity index is 183. The van der Waals surface area contributed by atoms with Gasteiger partial charge in [-0.2, -0.15) is 0 Å². The number of nitrogens with two attached hydrogens (primary N) is 2. The fraction of sp³-hybridized carbons (Fsp3) is 0. The summed E-state index contributed by atoms with van der Waals surface area (Å²) in [4.78, 5) is 0. The summed E-state index contributed by atoms with van der Waals surface area (Å²) in [7, 11) is 0. The van der Waals surface area contributed by atoms with Crippen molar-refractivity contribution in [2.24, 2.45) is 11.5 Å². The van der Waals surface area contributed by atoms with Gasteiger partial charge in [0.25, 0.3) is 0 Å². The van der Waals surface area contributed by atoms with Crippen molar-refractivity contribution in [3.63, 3.8) is 0 Å². The van der Waals surface area contributed by atoms with Crippen LogP contribution in [0.3, 0.4) is 0 Å². The minimum Gasteiger partial charge on any atom is -0.386 e. The smallest absolute Gasteiger partial charge is 0.0933 e. The van der Waals surface area contributed by atoms with Gasteiger partial charge >= 0.3 is 0 Å². The third-order valence-electron chi connectivity index (χ3n) is 0.861. The molecule has 0 rings (SSSR count). The molecule has 0 aromatic heterocycles. The van der Waals surface area contributed by atoms with E-state index >= 15 is 0 Å². The number of hydrogen-bond acceptors (Lipinski definition) is 2. The molecule has 0 amide bonds. The number of rotatable bonds is 3. The van der Waals surface area contributed by atoms with E-state index in [2.05, 4.69) is 13.2 Å². The predicted octanol–water partition coefficient (Wildman–Crippen LogP) is 1.04. The van der Waals surface area contributed by atoms with Crippen LogP contribution in [0.1, 0.15) is 0 Å². The third-order valence-corrected chi connectivity index (χ3v) is 0.861. The lowest BCUT2D eigenvalue weighted by atomic mass is 10.3. The molecule has 0 bridgehead atoms. The second-order valence-electron chi connectivity index (χ2n) is 1.80. The van der Waals surface area contributed by atoms with Gasteiger partial charge in [-0.15, -0.1) is 0 Å². The molecule has 10 heavy (non-hydrogen) atoms. The first-order valence-electron chi connectivity index (χ1n) is 2.87. The van der Waals surface area contributed by atoms with Gasteiger partial charge in [0.15, 0.2) is 0 Å². The summed E-state index contributed by atoms with van der Waals surface area (Å²) < 4.78 is 0. The normalized spacial score (nSPS) is 9.20. The van der Waals surface area contributed by atoms with Gasteiger partial charge in [0.2, 0.25) is 0 Å². The Hall–Kier alpha value is -1.44. The Morgan fingerprint density at radius 2 is 1.90 bits per heavy atom. The Labute approximate surface area is 61.2 Å². The van der Waals surface area contributed by atoms with Crippen LogP contribution < -0.4 is 11.5 Å². The van der Waals surface area contributed by atoms with Crippen molar-refractivity contribution < 1.29 is 0 Å². The summed E-state index contributed by atoms with van der Waals surface area (Å²) in [5.74, 6) is 0.285. The molecule has 0 saturated heterocycles. The maximum Gasteiger partial charge on any atom is 0.0933 e. The highest BCUT2D eigenvalue weighted by molar-refractivity contribution is 5.28. The van der Waals surface area contributed by atoms with E-state index in [1.54, 1.807) is 24.3 Å². The molecule has 0 heterocycles. The van der Waals surface area contributed by atoms with E-state index in [-0.39, 0.29) is 5.82 Å². The van der Waals surface area contributed by atoms with Gasteiger partial charge in [-0.25, -0.2) is 0 Å². The van der Waals surface area contributed by atoms with E-state index in [1.807, 2.05) is 0 Å². The summed E-state index contributed by atoms with van der Waals surface area (Å²) in [5.41, 5.74) is 11.1. The summed E-state index contributed by atoms with van der Waals surface area (Å²) in [6, 6.07) is 0. The highest BCUT2D eigenvalue weighted by Gasteiger charge is 1.74. The Morgan fingerprint density at radius 1 is 1.30 bits per heavy atom. The first-order chi connectivity index (χ1) is 4.66. The fourth-order valence-electron chi connectivity index (χ4n) is 0.351. The number of allylic oxidation sites excluding steroid dienone is 5. The standard InChI is InChI=1S/C8H12N2/c1-3-7(2)5-4-6-8(9)10/h3-6H,1-2,9-10H2/b5-4-. The van der Waals surface area contributed by atoms with E-state index in [0.717, 1.165) is 5.57 Å². The van der Waals surface area contributed by atoms with Gasteiger partial charge in [-0.1, -0.05) is 31.4 Å². The molecule has 2 heteroatoms. The Morgan fingerprint density at radius 3 is 2.30 bits per heavy atom. The van der Waals surface area contributed by atoms with Crippen LogP contribution in [0.15, 0.2) is 48.9 Å². The molecule has 0 unspecified atom stereocenters. The van der Waals surface area contributed by atoms with Gasteiger partial charge in [0.05, 0.1) is 5.82 Å². The molecule has 2 nitrogen and oxygen atoms in total. The molecular formula is C8H12N2. The molecule has 0 saturated carbocycles. The Balaban J connectivity index is 3.89. The minimum atomic E-state index is 0.285. The van der Waals surface area contributed by atoms with Gasteiger partial charge in [-0.3, -0.25) is 0 Å². The van der Waals surface area contributed by atoms with Crippen molar-refractivity contribution in [3.05, 3.63) is 48.9 Å². The molecule has 54 valence electrons. The molecule has 0 atom stereocenters. The van der Waals surface area contributed by atoms with Crippen molar-refractivity contribution in [1.29, 1.82) is 0 Å². The summed E-state index contributed by atoms with van der Waals surface area (Å²) in [6.45, 7) is 7.18.